The van der Waals surface area contributed by atoms with Crippen LogP contribution in [0.4, 0.5) is 5.69 Å². The average Bonchev–Trinajstić information content (AvgIpc) is 2.55. The molecule has 0 aliphatic carbocycles. The minimum absolute atomic E-state index is 0.0699. The summed E-state index contributed by atoms with van der Waals surface area (Å²) in [5.41, 5.74) is 2.17. The molecule has 2 N–H and O–H groups in total. The highest BCUT2D eigenvalue weighted by Gasteiger charge is 2.12. The molecule has 0 aromatic heterocycles. The molecule has 0 aliphatic rings. The first-order chi connectivity index (χ1) is 11.5. The molecule has 0 aliphatic heterocycles. The summed E-state index contributed by atoms with van der Waals surface area (Å²) in [5.74, 6) is -0.438. The smallest absolute Gasteiger partial charge is 0.339 e. The molecule has 4 nitrogen and oxygen atoms in total. The summed E-state index contributed by atoms with van der Waals surface area (Å²) in [6, 6.07) is 15.1. The Labute approximate surface area is 152 Å². The maximum atomic E-state index is 11.7. The van der Waals surface area contributed by atoms with Crippen LogP contribution in [0.25, 0.3) is 0 Å². The van der Waals surface area contributed by atoms with Gasteiger partial charge in [0.2, 0.25) is 0 Å². The summed E-state index contributed by atoms with van der Waals surface area (Å²) in [5, 5.41) is 7.07. The van der Waals surface area contributed by atoms with Crippen LogP contribution in [-0.4, -0.2) is 17.7 Å². The number of ether oxygens (including phenoxy) is 1. The molecular weight excluding hydrogens is 344 g/mol. The fourth-order valence-corrected chi connectivity index (χ4v) is 2.71. The Morgan fingerprint density at radius 1 is 1.25 bits per heavy atom. The van der Waals surface area contributed by atoms with Gasteiger partial charge in [-0.1, -0.05) is 41.9 Å². The zero-order chi connectivity index (χ0) is 17.5. The van der Waals surface area contributed by atoms with Gasteiger partial charge in [0.25, 0.3) is 0 Å². The van der Waals surface area contributed by atoms with Crippen LogP contribution in [0.3, 0.4) is 0 Å². The van der Waals surface area contributed by atoms with Gasteiger partial charge in [0.15, 0.2) is 5.11 Å². The van der Waals surface area contributed by atoms with Crippen LogP contribution in [0, 0.1) is 0 Å². The maximum Gasteiger partial charge on any atom is 0.339 e. The van der Waals surface area contributed by atoms with Crippen molar-refractivity contribution in [1.82, 2.24) is 5.32 Å². The van der Waals surface area contributed by atoms with Gasteiger partial charge in [0.1, 0.15) is 0 Å². The Bertz CT molecular complexity index is 722. The predicted octanol–water partition coefficient (Wildman–Crippen LogP) is 4.56. The van der Waals surface area contributed by atoms with Crippen molar-refractivity contribution < 1.29 is 9.53 Å². The predicted molar refractivity (Wildman–Crippen MR) is 102 cm³/mol. The molecule has 126 valence electrons. The highest BCUT2D eigenvalue weighted by Crippen LogP contribution is 2.22. The van der Waals surface area contributed by atoms with Gasteiger partial charge in [0, 0.05) is 5.69 Å². The molecule has 0 fully saturated rings. The second-order valence-corrected chi connectivity index (χ2v) is 5.96. The van der Waals surface area contributed by atoms with Crippen molar-refractivity contribution in [2.45, 2.75) is 19.9 Å². The quantitative estimate of drug-likeness (QED) is 0.603. The molecule has 0 saturated carbocycles. The van der Waals surface area contributed by atoms with Gasteiger partial charge in [0.05, 0.1) is 23.2 Å². The summed E-state index contributed by atoms with van der Waals surface area (Å²) >= 11 is 11.5. The van der Waals surface area contributed by atoms with Crippen molar-refractivity contribution in [3.63, 3.8) is 0 Å². The fraction of sp³-hybridized carbons (Fsp3) is 0.222. The summed E-state index contributed by atoms with van der Waals surface area (Å²) in [6.07, 6.45) is 0. The molecule has 2 aromatic rings. The lowest BCUT2D eigenvalue weighted by molar-refractivity contribution is 0.0526. The topological polar surface area (TPSA) is 50.4 Å². The van der Waals surface area contributed by atoms with Gasteiger partial charge >= 0.3 is 5.97 Å². The molecule has 0 radical (unpaired) electrons. The summed E-state index contributed by atoms with van der Waals surface area (Å²) in [4.78, 5) is 11.7. The van der Waals surface area contributed by atoms with Crippen LogP contribution in [0.5, 0.6) is 0 Å². The van der Waals surface area contributed by atoms with E-state index in [0.29, 0.717) is 28.0 Å². The van der Waals surface area contributed by atoms with Gasteiger partial charge in [-0.3, -0.25) is 0 Å². The third-order valence-electron chi connectivity index (χ3n) is 3.37. The second-order valence-electron chi connectivity index (χ2n) is 5.15. The molecule has 0 bridgehead atoms. The zero-order valence-corrected chi connectivity index (χ0v) is 15.1. The molecule has 0 saturated heterocycles. The molecule has 1 atom stereocenters. The SMILES string of the molecule is CCOC(=O)c1ccc(NC(=S)NC(C)c2ccccc2)cc1Cl. The highest BCUT2D eigenvalue weighted by atomic mass is 35.5. The number of rotatable bonds is 5. The van der Waals surface area contributed by atoms with Gasteiger partial charge in [-0.15, -0.1) is 0 Å². The van der Waals surface area contributed by atoms with E-state index in [1.54, 1.807) is 25.1 Å². The van der Waals surface area contributed by atoms with E-state index >= 15 is 0 Å². The van der Waals surface area contributed by atoms with Crippen molar-refractivity contribution in [2.24, 2.45) is 0 Å². The Morgan fingerprint density at radius 3 is 2.58 bits per heavy atom. The van der Waals surface area contributed by atoms with Gasteiger partial charge in [-0.05, 0) is 49.8 Å². The van der Waals surface area contributed by atoms with Crippen molar-refractivity contribution in [1.29, 1.82) is 0 Å². The van der Waals surface area contributed by atoms with Gasteiger partial charge in [-0.25, -0.2) is 4.79 Å². The first-order valence-electron chi connectivity index (χ1n) is 7.60. The minimum atomic E-state index is -0.438. The third kappa shape index (κ3) is 4.94. The first-order valence-corrected chi connectivity index (χ1v) is 8.39. The van der Waals surface area contributed by atoms with Crippen molar-refractivity contribution in [2.75, 3.05) is 11.9 Å². The van der Waals surface area contributed by atoms with Crippen LogP contribution in [-0.2, 0) is 4.74 Å². The lowest BCUT2D eigenvalue weighted by Gasteiger charge is -2.17. The number of anilines is 1. The number of benzene rings is 2. The number of esters is 1. The number of hydrogen-bond acceptors (Lipinski definition) is 3. The molecule has 1 unspecified atom stereocenters. The molecule has 2 aromatic carbocycles. The first kappa shape index (κ1) is 18.2. The second kappa shape index (κ2) is 8.66. The molecule has 6 heteroatoms. The normalized spacial score (nSPS) is 11.5. The van der Waals surface area contributed by atoms with Crippen molar-refractivity contribution in [3.05, 3.63) is 64.7 Å². The van der Waals surface area contributed by atoms with E-state index in [2.05, 4.69) is 10.6 Å². The average molecular weight is 363 g/mol. The van der Waals surface area contributed by atoms with E-state index in [-0.39, 0.29) is 6.04 Å². The van der Waals surface area contributed by atoms with Crippen LogP contribution >= 0.6 is 23.8 Å². The lowest BCUT2D eigenvalue weighted by atomic mass is 10.1. The van der Waals surface area contributed by atoms with Crippen LogP contribution < -0.4 is 10.6 Å². The number of thiocarbonyl (C=S) groups is 1. The van der Waals surface area contributed by atoms with Crippen molar-refractivity contribution >= 4 is 40.6 Å². The molecule has 0 heterocycles. The Morgan fingerprint density at radius 2 is 1.96 bits per heavy atom. The van der Waals surface area contributed by atoms with Crippen LogP contribution in [0.1, 0.15) is 35.8 Å². The van der Waals surface area contributed by atoms with Crippen LogP contribution in [0.2, 0.25) is 5.02 Å². The van der Waals surface area contributed by atoms with Crippen LogP contribution in [0.15, 0.2) is 48.5 Å². The van der Waals surface area contributed by atoms with E-state index in [1.807, 2.05) is 37.3 Å². The summed E-state index contributed by atoms with van der Waals surface area (Å²) in [7, 11) is 0. The maximum absolute atomic E-state index is 11.7. The van der Waals surface area contributed by atoms with Crippen molar-refractivity contribution in [3.8, 4) is 0 Å². The number of halogens is 1. The summed E-state index contributed by atoms with van der Waals surface area (Å²) < 4.78 is 4.95. The Hall–Kier alpha value is -2.11. The molecule has 0 amide bonds. The molecule has 0 spiro atoms. The lowest BCUT2D eigenvalue weighted by Crippen LogP contribution is -2.30. The minimum Gasteiger partial charge on any atom is -0.462 e. The number of carbonyl (C=O) groups excluding carboxylic acids is 1. The van der Waals surface area contributed by atoms with E-state index in [9.17, 15) is 4.79 Å². The zero-order valence-electron chi connectivity index (χ0n) is 13.5. The Balaban J connectivity index is 1.99. The Kier molecular flexibility index (Phi) is 6.58. The largest absolute Gasteiger partial charge is 0.462 e. The standard InChI is InChI=1S/C18H19ClN2O2S/c1-3-23-17(22)15-10-9-14(11-16(15)19)21-18(24)20-12(2)13-7-5-4-6-8-13/h4-12H,3H2,1-2H3,(H2,20,21,24). The van der Waals surface area contributed by atoms with E-state index in [4.69, 9.17) is 28.6 Å². The van der Waals surface area contributed by atoms with Gasteiger partial charge < -0.3 is 15.4 Å². The summed E-state index contributed by atoms with van der Waals surface area (Å²) in [6.45, 7) is 4.08. The molecular formula is C18H19ClN2O2S. The molecule has 24 heavy (non-hydrogen) atoms. The fourth-order valence-electron chi connectivity index (χ4n) is 2.16. The van der Waals surface area contributed by atoms with E-state index in [0.717, 1.165) is 5.56 Å². The highest BCUT2D eigenvalue weighted by molar-refractivity contribution is 7.80. The van der Waals surface area contributed by atoms with E-state index < -0.39 is 5.97 Å². The van der Waals surface area contributed by atoms with E-state index in [1.165, 1.54) is 0 Å². The number of nitrogens with one attached hydrogen (secondary N) is 2. The number of carbonyl (C=O) groups is 1. The molecule has 2 rings (SSSR count). The van der Waals surface area contributed by atoms with Gasteiger partial charge in [-0.2, -0.15) is 0 Å². The monoisotopic (exact) mass is 362 g/mol. The number of hydrogen-bond donors (Lipinski definition) is 2. The third-order valence-corrected chi connectivity index (χ3v) is 3.90.